The van der Waals surface area contributed by atoms with Gasteiger partial charge in [-0.25, -0.2) is 9.69 Å². The van der Waals surface area contributed by atoms with Gasteiger partial charge in [0.15, 0.2) is 0 Å². The van der Waals surface area contributed by atoms with Gasteiger partial charge in [0.2, 0.25) is 5.91 Å². The quantitative estimate of drug-likeness (QED) is 0.651. The Hall–Kier alpha value is -1.34. The Bertz CT molecular complexity index is 487. The van der Waals surface area contributed by atoms with E-state index in [1.54, 1.807) is 6.92 Å². The van der Waals surface area contributed by atoms with E-state index in [2.05, 4.69) is 16.0 Å². The predicted molar refractivity (Wildman–Crippen MR) is 87.3 cm³/mol. The average molecular weight is 345 g/mol. The van der Waals surface area contributed by atoms with E-state index >= 15 is 0 Å². The highest BCUT2D eigenvalue weighted by atomic mass is 35.5. The molecular weight excluding hydrogens is 320 g/mol. The van der Waals surface area contributed by atoms with Gasteiger partial charge in [-0.1, -0.05) is 12.8 Å². The molecule has 130 valence electrons. The maximum absolute atomic E-state index is 12.6. The molecule has 3 N–H and O–H groups in total. The van der Waals surface area contributed by atoms with Crippen molar-refractivity contribution < 1.29 is 14.4 Å². The topological polar surface area (TPSA) is 90.5 Å². The normalized spacial score (nSPS) is 27.5. The van der Waals surface area contributed by atoms with Gasteiger partial charge in [-0.3, -0.25) is 9.59 Å². The Kier molecular flexibility index (Phi) is 5.52. The van der Waals surface area contributed by atoms with E-state index in [1.807, 2.05) is 0 Å². The van der Waals surface area contributed by atoms with Gasteiger partial charge in [0, 0.05) is 12.6 Å². The number of piperidine rings is 1. The first-order valence-electron chi connectivity index (χ1n) is 8.20. The smallest absolute Gasteiger partial charge is 0.325 e. The second kappa shape index (κ2) is 7.05. The number of nitrogens with one attached hydrogen (secondary N) is 3. The van der Waals surface area contributed by atoms with Crippen LogP contribution in [-0.4, -0.2) is 53.5 Å². The Morgan fingerprint density at radius 3 is 2.61 bits per heavy atom. The van der Waals surface area contributed by atoms with E-state index in [-0.39, 0.29) is 30.3 Å². The lowest BCUT2D eigenvalue weighted by molar-refractivity contribution is -0.138. The molecule has 2 heterocycles. The van der Waals surface area contributed by atoms with Crippen molar-refractivity contribution in [2.45, 2.75) is 63.1 Å². The highest BCUT2D eigenvalue weighted by Gasteiger charge is 2.54. The van der Waals surface area contributed by atoms with Gasteiger partial charge in [0.05, 0.1) is 0 Å². The van der Waals surface area contributed by atoms with E-state index < -0.39 is 17.6 Å². The van der Waals surface area contributed by atoms with Crippen molar-refractivity contribution in [3.05, 3.63) is 0 Å². The molecule has 3 aliphatic rings. The minimum atomic E-state index is -0.769. The standard InChI is InChI=1S/C15H24N4O3.ClH/c1-10(12(20)17-11-5-4-8-16-9-11)19-13(21)15(18-14(19)22)6-2-3-7-15;/h10-11,16H,2-9H2,1H3,(H,17,20)(H,18,22);1H. The molecule has 2 unspecified atom stereocenters. The molecule has 1 saturated carbocycles. The first kappa shape index (κ1) is 18.0. The van der Waals surface area contributed by atoms with Crippen LogP contribution < -0.4 is 16.0 Å². The molecule has 8 heteroatoms. The van der Waals surface area contributed by atoms with Crippen LogP contribution in [0.4, 0.5) is 4.79 Å². The summed E-state index contributed by atoms with van der Waals surface area (Å²) in [6.45, 7) is 3.33. The lowest BCUT2D eigenvalue weighted by atomic mass is 9.97. The zero-order valence-corrected chi connectivity index (χ0v) is 14.2. The van der Waals surface area contributed by atoms with Gasteiger partial charge in [-0.15, -0.1) is 12.4 Å². The highest BCUT2D eigenvalue weighted by molar-refractivity contribution is 6.09. The van der Waals surface area contributed by atoms with Gasteiger partial charge < -0.3 is 16.0 Å². The zero-order valence-electron chi connectivity index (χ0n) is 13.4. The van der Waals surface area contributed by atoms with Crippen molar-refractivity contribution in [3.63, 3.8) is 0 Å². The van der Waals surface area contributed by atoms with Crippen LogP contribution in [0.1, 0.15) is 45.4 Å². The van der Waals surface area contributed by atoms with Crippen molar-refractivity contribution in [1.82, 2.24) is 20.9 Å². The van der Waals surface area contributed by atoms with Gasteiger partial charge in [-0.05, 0) is 39.2 Å². The molecule has 0 bridgehead atoms. The van der Waals surface area contributed by atoms with Crippen LogP contribution in [0, 0.1) is 0 Å². The van der Waals surface area contributed by atoms with Gasteiger partial charge in [0.1, 0.15) is 11.6 Å². The first-order valence-corrected chi connectivity index (χ1v) is 8.20. The summed E-state index contributed by atoms with van der Waals surface area (Å²) in [4.78, 5) is 38.3. The molecule has 1 aliphatic carbocycles. The van der Waals surface area contributed by atoms with E-state index in [0.29, 0.717) is 12.8 Å². The average Bonchev–Trinajstić information content (AvgIpc) is 3.06. The van der Waals surface area contributed by atoms with Gasteiger partial charge in [0.25, 0.3) is 5.91 Å². The molecule has 1 spiro atoms. The summed E-state index contributed by atoms with van der Waals surface area (Å²) in [5, 5.41) is 8.99. The minimum absolute atomic E-state index is 0. The summed E-state index contributed by atoms with van der Waals surface area (Å²) in [5.41, 5.74) is -0.752. The maximum atomic E-state index is 12.6. The lowest BCUT2D eigenvalue weighted by Crippen LogP contribution is -2.54. The number of hydrogen-bond acceptors (Lipinski definition) is 4. The number of imide groups is 1. The third-order valence-corrected chi connectivity index (χ3v) is 5.06. The second-order valence-corrected chi connectivity index (χ2v) is 6.62. The van der Waals surface area contributed by atoms with Gasteiger partial charge >= 0.3 is 6.03 Å². The fourth-order valence-electron chi connectivity index (χ4n) is 3.72. The van der Waals surface area contributed by atoms with Crippen molar-refractivity contribution in [2.24, 2.45) is 0 Å². The molecule has 0 aromatic rings. The number of amides is 4. The SMILES string of the molecule is CC(C(=O)NC1CCCNC1)N1C(=O)NC2(CCCC2)C1=O.Cl. The summed E-state index contributed by atoms with van der Waals surface area (Å²) < 4.78 is 0. The maximum Gasteiger partial charge on any atom is 0.325 e. The van der Waals surface area contributed by atoms with Crippen LogP contribution in [0.5, 0.6) is 0 Å². The van der Waals surface area contributed by atoms with Crippen molar-refractivity contribution in [3.8, 4) is 0 Å². The fraction of sp³-hybridized carbons (Fsp3) is 0.800. The number of nitrogens with zero attached hydrogens (tertiary/aromatic N) is 1. The van der Waals surface area contributed by atoms with Crippen LogP contribution in [0.2, 0.25) is 0 Å². The Balaban J connectivity index is 0.00000192. The monoisotopic (exact) mass is 344 g/mol. The number of carbonyl (C=O) groups is 3. The minimum Gasteiger partial charge on any atom is -0.350 e. The first-order chi connectivity index (χ1) is 10.5. The third-order valence-electron chi connectivity index (χ3n) is 5.06. The third kappa shape index (κ3) is 3.30. The Morgan fingerprint density at radius 1 is 1.30 bits per heavy atom. The van der Waals surface area contributed by atoms with Crippen molar-refractivity contribution in [2.75, 3.05) is 13.1 Å². The van der Waals surface area contributed by atoms with E-state index in [0.717, 1.165) is 43.7 Å². The van der Waals surface area contributed by atoms with Crippen LogP contribution >= 0.6 is 12.4 Å². The number of hydrogen-bond donors (Lipinski definition) is 3. The predicted octanol–water partition coefficient (Wildman–Crippen LogP) is 0.530. The summed E-state index contributed by atoms with van der Waals surface area (Å²) in [5.74, 6) is -0.494. The van der Waals surface area contributed by atoms with E-state index in [9.17, 15) is 14.4 Å². The second-order valence-electron chi connectivity index (χ2n) is 6.62. The number of urea groups is 1. The number of carbonyl (C=O) groups excluding carboxylic acids is 3. The van der Waals surface area contributed by atoms with Crippen molar-refractivity contribution in [1.29, 1.82) is 0 Å². The van der Waals surface area contributed by atoms with Crippen LogP contribution in [-0.2, 0) is 9.59 Å². The summed E-state index contributed by atoms with van der Waals surface area (Å²) in [6.07, 6.45) is 5.17. The van der Waals surface area contributed by atoms with Crippen LogP contribution in [0.15, 0.2) is 0 Å². The molecule has 3 rings (SSSR count). The molecular formula is C15H25ClN4O3. The molecule has 3 fully saturated rings. The Morgan fingerprint density at radius 2 is 2.00 bits per heavy atom. The lowest BCUT2D eigenvalue weighted by Gasteiger charge is -2.28. The van der Waals surface area contributed by atoms with E-state index in [1.165, 1.54) is 0 Å². The fourth-order valence-corrected chi connectivity index (χ4v) is 3.72. The largest absolute Gasteiger partial charge is 0.350 e. The molecule has 4 amide bonds. The number of halogens is 1. The highest BCUT2D eigenvalue weighted by Crippen LogP contribution is 2.35. The summed E-state index contributed by atoms with van der Waals surface area (Å²) in [6, 6.07) is -1.13. The molecule has 2 atom stereocenters. The molecule has 2 saturated heterocycles. The number of rotatable bonds is 3. The van der Waals surface area contributed by atoms with Crippen LogP contribution in [0.3, 0.4) is 0 Å². The van der Waals surface area contributed by atoms with Crippen molar-refractivity contribution >= 4 is 30.3 Å². The molecule has 2 aliphatic heterocycles. The zero-order chi connectivity index (χ0) is 15.7. The molecule has 0 radical (unpaired) electrons. The summed E-state index contributed by atoms with van der Waals surface area (Å²) >= 11 is 0. The summed E-state index contributed by atoms with van der Waals surface area (Å²) in [7, 11) is 0. The van der Waals surface area contributed by atoms with E-state index in [4.69, 9.17) is 0 Å². The molecule has 0 aromatic heterocycles. The molecule has 23 heavy (non-hydrogen) atoms. The van der Waals surface area contributed by atoms with Crippen LogP contribution in [0.25, 0.3) is 0 Å². The molecule has 7 nitrogen and oxygen atoms in total. The molecule has 0 aromatic carbocycles. The Labute approximate surface area is 142 Å². The van der Waals surface area contributed by atoms with Gasteiger partial charge in [-0.2, -0.15) is 0 Å².